The van der Waals surface area contributed by atoms with Gasteiger partial charge in [0.25, 0.3) is 0 Å². The summed E-state index contributed by atoms with van der Waals surface area (Å²) < 4.78 is 14.1. The fourth-order valence-electron chi connectivity index (χ4n) is 4.21. The number of aliphatic hydroxyl groups excluding tert-OH is 1. The average molecular weight is 363 g/mol. The molecule has 144 valence electrons. The smallest absolute Gasteiger partial charge is 0.317 e. The first-order valence-electron chi connectivity index (χ1n) is 9.61. The molecule has 6 heteroatoms. The van der Waals surface area contributed by atoms with Crippen molar-refractivity contribution in [3.05, 3.63) is 35.1 Å². The molecule has 1 aromatic carbocycles. The molecule has 3 rings (SSSR count). The molecule has 1 heterocycles. The van der Waals surface area contributed by atoms with Crippen LogP contribution in [0.25, 0.3) is 0 Å². The lowest BCUT2D eigenvalue weighted by atomic mass is 9.80. The van der Waals surface area contributed by atoms with Crippen LogP contribution >= 0.6 is 0 Å². The highest BCUT2D eigenvalue weighted by Gasteiger charge is 2.32. The molecule has 1 fully saturated rings. The van der Waals surface area contributed by atoms with Crippen molar-refractivity contribution in [1.82, 2.24) is 15.1 Å². The highest BCUT2D eigenvalue weighted by Crippen LogP contribution is 2.35. The summed E-state index contributed by atoms with van der Waals surface area (Å²) in [6.45, 7) is 8.63. The predicted molar refractivity (Wildman–Crippen MR) is 99.4 cm³/mol. The molecular weight excluding hydrogens is 333 g/mol. The molecule has 0 unspecified atom stereocenters. The Kier molecular flexibility index (Phi) is 5.82. The van der Waals surface area contributed by atoms with E-state index in [0.717, 1.165) is 30.5 Å². The van der Waals surface area contributed by atoms with Gasteiger partial charge in [-0.2, -0.15) is 0 Å². The van der Waals surface area contributed by atoms with Crippen LogP contribution in [-0.4, -0.2) is 59.3 Å². The largest absolute Gasteiger partial charge is 0.392 e. The van der Waals surface area contributed by atoms with Gasteiger partial charge in [-0.25, -0.2) is 9.18 Å². The summed E-state index contributed by atoms with van der Waals surface area (Å²) >= 11 is 0. The van der Waals surface area contributed by atoms with Crippen LogP contribution in [0.3, 0.4) is 0 Å². The maximum Gasteiger partial charge on any atom is 0.317 e. The minimum atomic E-state index is -0.368. The maximum absolute atomic E-state index is 14.1. The van der Waals surface area contributed by atoms with Crippen LogP contribution in [0.4, 0.5) is 9.18 Å². The number of nitrogens with zero attached hydrogens (tertiary/aromatic N) is 2. The van der Waals surface area contributed by atoms with Gasteiger partial charge in [0.15, 0.2) is 0 Å². The summed E-state index contributed by atoms with van der Waals surface area (Å²) in [6, 6.07) is 5.13. The first-order chi connectivity index (χ1) is 12.4. The number of amides is 2. The number of carbonyl (C=O) groups excluding carboxylic acids is 1. The van der Waals surface area contributed by atoms with E-state index in [-0.39, 0.29) is 36.0 Å². The zero-order valence-electron chi connectivity index (χ0n) is 15.9. The number of rotatable bonds is 3. The monoisotopic (exact) mass is 363 g/mol. The van der Waals surface area contributed by atoms with E-state index in [0.29, 0.717) is 19.6 Å². The molecule has 2 aliphatic rings. The minimum Gasteiger partial charge on any atom is -0.392 e. The molecule has 0 radical (unpaired) electrons. The molecule has 1 aromatic rings. The fraction of sp³-hybridized carbons (Fsp3) is 0.650. The van der Waals surface area contributed by atoms with Crippen LogP contribution in [0.2, 0.25) is 0 Å². The van der Waals surface area contributed by atoms with Crippen molar-refractivity contribution in [3.63, 3.8) is 0 Å². The van der Waals surface area contributed by atoms with Gasteiger partial charge in [-0.3, -0.25) is 4.90 Å². The quantitative estimate of drug-likeness (QED) is 0.868. The van der Waals surface area contributed by atoms with Crippen LogP contribution < -0.4 is 5.32 Å². The molecule has 2 amide bonds. The lowest BCUT2D eigenvalue weighted by Gasteiger charge is -2.41. The zero-order valence-corrected chi connectivity index (χ0v) is 15.9. The third-order valence-electron chi connectivity index (χ3n) is 5.74. The van der Waals surface area contributed by atoms with Crippen molar-refractivity contribution in [2.45, 2.75) is 51.8 Å². The van der Waals surface area contributed by atoms with Crippen LogP contribution in [0.1, 0.15) is 44.4 Å². The van der Waals surface area contributed by atoms with Gasteiger partial charge in [0.2, 0.25) is 0 Å². The van der Waals surface area contributed by atoms with Crippen LogP contribution in [-0.2, 0) is 6.42 Å². The Morgan fingerprint density at radius 1 is 1.38 bits per heavy atom. The number of benzene rings is 1. The summed E-state index contributed by atoms with van der Waals surface area (Å²) in [7, 11) is 0. The Hall–Kier alpha value is -1.66. The topological polar surface area (TPSA) is 55.8 Å². The Bertz CT molecular complexity index is 652. The van der Waals surface area contributed by atoms with Gasteiger partial charge in [-0.05, 0) is 49.8 Å². The number of β-amino-alcohol motifs (C(OH)–C–C–N with tert-alkyl or cyclic N) is 1. The first kappa shape index (κ1) is 19.1. The number of fused-ring (bicyclic) bond motifs is 1. The Morgan fingerprint density at radius 3 is 2.85 bits per heavy atom. The molecule has 1 saturated heterocycles. The van der Waals surface area contributed by atoms with Gasteiger partial charge in [-0.1, -0.05) is 19.1 Å². The second-order valence-electron chi connectivity index (χ2n) is 7.89. The Balaban J connectivity index is 1.66. The van der Waals surface area contributed by atoms with E-state index in [9.17, 15) is 14.3 Å². The molecule has 26 heavy (non-hydrogen) atoms. The average Bonchev–Trinajstić information content (AvgIpc) is 2.59. The SMILES string of the molecule is C[C@H](O)CN1CCN(C(=O)N[C@@H]2c3cccc(F)c3CC[C@H]2C)C[C@H]1C. The van der Waals surface area contributed by atoms with Crippen molar-refractivity contribution < 1.29 is 14.3 Å². The standard InChI is InChI=1S/C20H30FN3O2/c1-13-7-8-16-17(5-4-6-18(16)21)19(13)22-20(26)24-10-9-23(12-15(3)25)14(2)11-24/h4-6,13-15,19,25H,7-12H2,1-3H3,(H,22,26)/t13-,14-,15+,19+/m1/s1. The van der Waals surface area contributed by atoms with E-state index in [4.69, 9.17) is 0 Å². The van der Waals surface area contributed by atoms with Gasteiger partial charge < -0.3 is 15.3 Å². The van der Waals surface area contributed by atoms with Gasteiger partial charge in [0.05, 0.1) is 12.1 Å². The molecular formula is C20H30FN3O2. The summed E-state index contributed by atoms with van der Waals surface area (Å²) in [5.74, 6) is 0.108. The predicted octanol–water partition coefficient (Wildman–Crippen LogP) is 2.55. The van der Waals surface area contributed by atoms with E-state index >= 15 is 0 Å². The normalized spacial score (nSPS) is 27.7. The first-order valence-corrected chi connectivity index (χ1v) is 9.61. The van der Waals surface area contributed by atoms with E-state index in [1.165, 1.54) is 6.07 Å². The Labute approximate surface area is 155 Å². The van der Waals surface area contributed by atoms with Crippen LogP contribution in [0, 0.1) is 11.7 Å². The molecule has 0 saturated carbocycles. The molecule has 4 atom stereocenters. The summed E-state index contributed by atoms with van der Waals surface area (Å²) in [5.41, 5.74) is 1.66. The fourth-order valence-corrected chi connectivity index (χ4v) is 4.21. The molecule has 1 aliphatic carbocycles. The second kappa shape index (κ2) is 7.92. The number of carbonyl (C=O) groups is 1. The lowest BCUT2D eigenvalue weighted by Crippen LogP contribution is -2.57. The number of halogens is 1. The van der Waals surface area contributed by atoms with Crippen LogP contribution in [0.5, 0.6) is 0 Å². The highest BCUT2D eigenvalue weighted by molar-refractivity contribution is 5.75. The highest BCUT2D eigenvalue weighted by atomic mass is 19.1. The van der Waals surface area contributed by atoms with E-state index < -0.39 is 0 Å². The summed E-state index contributed by atoms with van der Waals surface area (Å²) in [6.07, 6.45) is 1.23. The number of nitrogens with one attached hydrogen (secondary N) is 1. The number of aliphatic hydroxyl groups is 1. The molecule has 0 spiro atoms. The second-order valence-corrected chi connectivity index (χ2v) is 7.89. The number of hydrogen-bond acceptors (Lipinski definition) is 3. The number of piperazine rings is 1. The molecule has 0 aromatic heterocycles. The van der Waals surface area contributed by atoms with E-state index in [2.05, 4.69) is 24.1 Å². The number of urea groups is 1. The summed E-state index contributed by atoms with van der Waals surface area (Å²) in [4.78, 5) is 16.9. The minimum absolute atomic E-state index is 0.0810. The third kappa shape index (κ3) is 4.01. The van der Waals surface area contributed by atoms with Gasteiger partial charge in [0.1, 0.15) is 5.82 Å². The lowest BCUT2D eigenvalue weighted by molar-refractivity contribution is 0.0556. The maximum atomic E-state index is 14.1. The zero-order chi connectivity index (χ0) is 18.8. The van der Waals surface area contributed by atoms with Gasteiger partial charge in [0, 0.05) is 32.2 Å². The molecule has 5 nitrogen and oxygen atoms in total. The van der Waals surface area contributed by atoms with Crippen LogP contribution in [0.15, 0.2) is 18.2 Å². The van der Waals surface area contributed by atoms with Crippen molar-refractivity contribution in [1.29, 1.82) is 0 Å². The van der Waals surface area contributed by atoms with Crippen molar-refractivity contribution in [3.8, 4) is 0 Å². The van der Waals surface area contributed by atoms with Gasteiger partial charge in [-0.15, -0.1) is 0 Å². The van der Waals surface area contributed by atoms with Crippen molar-refractivity contribution >= 4 is 6.03 Å². The molecule has 2 N–H and O–H groups in total. The van der Waals surface area contributed by atoms with E-state index in [1.54, 1.807) is 13.0 Å². The summed E-state index contributed by atoms with van der Waals surface area (Å²) in [5, 5.41) is 12.7. The molecule has 1 aliphatic heterocycles. The number of hydrogen-bond donors (Lipinski definition) is 2. The van der Waals surface area contributed by atoms with E-state index in [1.807, 2.05) is 11.0 Å². The van der Waals surface area contributed by atoms with Crippen molar-refractivity contribution in [2.24, 2.45) is 5.92 Å². The third-order valence-corrected chi connectivity index (χ3v) is 5.74. The molecule has 0 bridgehead atoms. The van der Waals surface area contributed by atoms with Crippen molar-refractivity contribution in [2.75, 3.05) is 26.2 Å². The Morgan fingerprint density at radius 2 is 2.15 bits per heavy atom. The van der Waals surface area contributed by atoms with Gasteiger partial charge >= 0.3 is 6.03 Å².